The lowest BCUT2D eigenvalue weighted by Gasteiger charge is -2.26. The Labute approximate surface area is 191 Å². The number of nitrogens with one attached hydrogen (secondary N) is 1. The summed E-state index contributed by atoms with van der Waals surface area (Å²) in [5.41, 5.74) is 1.08. The molecule has 1 heterocycles. The maximum absolute atomic E-state index is 13.0. The van der Waals surface area contributed by atoms with Crippen LogP contribution in [-0.2, 0) is 16.1 Å². The molecular formula is C25H37N3O4. The zero-order valence-corrected chi connectivity index (χ0v) is 19.7. The number of hydrogen-bond donors (Lipinski definition) is 1. The van der Waals surface area contributed by atoms with Crippen LogP contribution in [0.15, 0.2) is 24.3 Å². The molecule has 1 aliphatic heterocycles. The van der Waals surface area contributed by atoms with E-state index in [0.29, 0.717) is 38.3 Å². The van der Waals surface area contributed by atoms with E-state index < -0.39 is 5.60 Å². The van der Waals surface area contributed by atoms with E-state index in [1.807, 2.05) is 45.0 Å². The fourth-order valence-electron chi connectivity index (χ4n) is 4.28. The standard InChI is InChI=1S/C25H37N3O4/c1-25(2,3)32-24(31)28-15-7-14-27(16-17-28)23(30)21-12-10-19(11-13-21)18-26-22(29)20-8-5-4-6-9-20/h10-13,20H,4-9,14-18H2,1-3H3,(H,26,29). The first-order valence-corrected chi connectivity index (χ1v) is 11.9. The summed E-state index contributed by atoms with van der Waals surface area (Å²) in [6.07, 6.45) is 5.88. The minimum absolute atomic E-state index is 0.0335. The van der Waals surface area contributed by atoms with Gasteiger partial charge >= 0.3 is 6.09 Å². The van der Waals surface area contributed by atoms with Crippen molar-refractivity contribution in [2.45, 2.75) is 71.4 Å². The van der Waals surface area contributed by atoms with Gasteiger partial charge in [0.1, 0.15) is 5.60 Å². The molecule has 7 heteroatoms. The molecule has 1 aromatic rings. The molecule has 2 aliphatic rings. The molecule has 2 fully saturated rings. The molecule has 0 aromatic heterocycles. The third-order valence-electron chi connectivity index (χ3n) is 6.08. The van der Waals surface area contributed by atoms with E-state index in [-0.39, 0.29) is 23.8 Å². The predicted molar refractivity (Wildman–Crippen MR) is 123 cm³/mol. The third-order valence-corrected chi connectivity index (χ3v) is 6.08. The van der Waals surface area contributed by atoms with E-state index in [9.17, 15) is 14.4 Å². The fourth-order valence-corrected chi connectivity index (χ4v) is 4.28. The highest BCUT2D eigenvalue weighted by Crippen LogP contribution is 2.23. The molecule has 0 atom stereocenters. The van der Waals surface area contributed by atoms with Gasteiger partial charge in [0.05, 0.1) is 0 Å². The molecule has 1 aliphatic carbocycles. The molecule has 3 amide bonds. The van der Waals surface area contributed by atoms with Crippen molar-refractivity contribution in [1.29, 1.82) is 0 Å². The van der Waals surface area contributed by atoms with E-state index in [1.165, 1.54) is 6.42 Å². The Morgan fingerprint density at radius 1 is 0.906 bits per heavy atom. The van der Waals surface area contributed by atoms with Crippen LogP contribution < -0.4 is 5.32 Å². The lowest BCUT2D eigenvalue weighted by atomic mass is 9.88. The Kier molecular flexibility index (Phi) is 8.15. The van der Waals surface area contributed by atoms with Crippen molar-refractivity contribution in [1.82, 2.24) is 15.1 Å². The van der Waals surface area contributed by atoms with Crippen LogP contribution in [0.1, 0.15) is 75.2 Å². The Hall–Kier alpha value is -2.57. The van der Waals surface area contributed by atoms with Gasteiger partial charge in [-0.3, -0.25) is 9.59 Å². The summed E-state index contributed by atoms with van der Waals surface area (Å²) < 4.78 is 5.46. The van der Waals surface area contributed by atoms with Gasteiger partial charge in [-0.05, 0) is 57.7 Å². The van der Waals surface area contributed by atoms with Crippen molar-refractivity contribution in [2.75, 3.05) is 26.2 Å². The van der Waals surface area contributed by atoms with E-state index in [0.717, 1.165) is 37.7 Å². The summed E-state index contributed by atoms with van der Waals surface area (Å²) in [7, 11) is 0. The smallest absolute Gasteiger partial charge is 0.410 e. The monoisotopic (exact) mass is 443 g/mol. The Balaban J connectivity index is 1.49. The third kappa shape index (κ3) is 6.97. The fraction of sp³-hybridized carbons (Fsp3) is 0.640. The summed E-state index contributed by atoms with van der Waals surface area (Å²) in [4.78, 5) is 41.1. The van der Waals surface area contributed by atoms with Crippen LogP contribution in [0.4, 0.5) is 4.79 Å². The lowest BCUT2D eigenvalue weighted by Crippen LogP contribution is -2.40. The van der Waals surface area contributed by atoms with Crippen molar-refractivity contribution in [3.63, 3.8) is 0 Å². The first-order valence-electron chi connectivity index (χ1n) is 11.9. The minimum atomic E-state index is -0.531. The molecule has 32 heavy (non-hydrogen) atoms. The molecule has 0 unspecified atom stereocenters. The Morgan fingerprint density at radius 2 is 1.53 bits per heavy atom. The second kappa shape index (κ2) is 10.8. The Morgan fingerprint density at radius 3 is 2.19 bits per heavy atom. The number of hydrogen-bond acceptors (Lipinski definition) is 4. The molecule has 1 saturated heterocycles. The number of carbonyl (C=O) groups excluding carboxylic acids is 3. The molecule has 1 saturated carbocycles. The van der Waals surface area contributed by atoms with Gasteiger partial charge in [-0.25, -0.2) is 4.79 Å². The molecule has 0 spiro atoms. The highest BCUT2D eigenvalue weighted by Gasteiger charge is 2.26. The van der Waals surface area contributed by atoms with Crippen molar-refractivity contribution >= 4 is 17.9 Å². The minimum Gasteiger partial charge on any atom is -0.444 e. The number of carbonyl (C=O) groups is 3. The zero-order valence-electron chi connectivity index (χ0n) is 19.7. The van der Waals surface area contributed by atoms with Crippen LogP contribution >= 0.6 is 0 Å². The van der Waals surface area contributed by atoms with Crippen molar-refractivity contribution < 1.29 is 19.1 Å². The first kappa shape index (κ1) is 24.1. The molecule has 0 bridgehead atoms. The second-order valence-electron chi connectivity index (χ2n) is 9.86. The molecule has 1 aromatic carbocycles. The number of rotatable bonds is 4. The van der Waals surface area contributed by atoms with Crippen LogP contribution in [0, 0.1) is 5.92 Å². The molecule has 7 nitrogen and oxygen atoms in total. The van der Waals surface area contributed by atoms with Gasteiger partial charge in [-0.15, -0.1) is 0 Å². The normalized spacial score (nSPS) is 18.1. The van der Waals surface area contributed by atoms with Crippen molar-refractivity contribution in [2.24, 2.45) is 5.92 Å². The predicted octanol–water partition coefficient (Wildman–Crippen LogP) is 3.97. The number of nitrogens with zero attached hydrogens (tertiary/aromatic N) is 2. The lowest BCUT2D eigenvalue weighted by molar-refractivity contribution is -0.126. The van der Waals surface area contributed by atoms with Gasteiger partial charge in [-0.2, -0.15) is 0 Å². The molecular weight excluding hydrogens is 406 g/mol. The van der Waals surface area contributed by atoms with Gasteiger partial charge < -0.3 is 19.9 Å². The summed E-state index contributed by atoms with van der Waals surface area (Å²) >= 11 is 0. The van der Waals surface area contributed by atoms with Gasteiger partial charge in [0.2, 0.25) is 5.91 Å². The molecule has 3 rings (SSSR count). The van der Waals surface area contributed by atoms with E-state index >= 15 is 0 Å². The van der Waals surface area contributed by atoms with Crippen LogP contribution in [0.2, 0.25) is 0 Å². The molecule has 1 N–H and O–H groups in total. The Bertz CT molecular complexity index is 794. The van der Waals surface area contributed by atoms with Gasteiger partial charge in [0, 0.05) is 44.2 Å². The van der Waals surface area contributed by atoms with E-state index in [1.54, 1.807) is 9.80 Å². The first-order chi connectivity index (χ1) is 15.2. The van der Waals surface area contributed by atoms with Crippen LogP contribution in [0.3, 0.4) is 0 Å². The maximum Gasteiger partial charge on any atom is 0.410 e. The van der Waals surface area contributed by atoms with Crippen molar-refractivity contribution in [3.05, 3.63) is 35.4 Å². The number of benzene rings is 1. The molecule has 0 radical (unpaired) electrons. The summed E-state index contributed by atoms with van der Waals surface area (Å²) in [5, 5.41) is 3.04. The van der Waals surface area contributed by atoms with Crippen LogP contribution in [0.5, 0.6) is 0 Å². The van der Waals surface area contributed by atoms with Gasteiger partial charge in [0.25, 0.3) is 5.91 Å². The quantitative estimate of drug-likeness (QED) is 0.764. The van der Waals surface area contributed by atoms with Crippen LogP contribution in [-0.4, -0.2) is 59.5 Å². The number of ether oxygens (including phenoxy) is 1. The maximum atomic E-state index is 13.0. The van der Waals surface area contributed by atoms with E-state index in [4.69, 9.17) is 4.74 Å². The highest BCUT2D eigenvalue weighted by molar-refractivity contribution is 5.94. The van der Waals surface area contributed by atoms with Gasteiger partial charge in [-0.1, -0.05) is 31.4 Å². The summed E-state index contributed by atoms with van der Waals surface area (Å²) in [6, 6.07) is 7.44. The SMILES string of the molecule is CC(C)(C)OC(=O)N1CCCN(C(=O)c2ccc(CNC(=O)C3CCCCC3)cc2)CC1. The average molecular weight is 444 g/mol. The van der Waals surface area contributed by atoms with Gasteiger partial charge in [0.15, 0.2) is 0 Å². The second-order valence-corrected chi connectivity index (χ2v) is 9.86. The van der Waals surface area contributed by atoms with Crippen LogP contribution in [0.25, 0.3) is 0 Å². The highest BCUT2D eigenvalue weighted by atomic mass is 16.6. The number of amides is 3. The van der Waals surface area contributed by atoms with Crippen molar-refractivity contribution in [3.8, 4) is 0 Å². The average Bonchev–Trinajstić information content (AvgIpc) is 3.03. The van der Waals surface area contributed by atoms with E-state index in [2.05, 4.69) is 5.32 Å². The summed E-state index contributed by atoms with van der Waals surface area (Å²) in [6.45, 7) is 8.17. The largest absolute Gasteiger partial charge is 0.444 e. The zero-order chi connectivity index (χ0) is 23.1. The topological polar surface area (TPSA) is 79.0 Å². The summed E-state index contributed by atoms with van der Waals surface area (Å²) in [5.74, 6) is 0.255. The molecule has 176 valence electrons.